The highest BCUT2D eigenvalue weighted by molar-refractivity contribution is 6.31. The highest BCUT2D eigenvalue weighted by atomic mass is 35.5. The van der Waals surface area contributed by atoms with Crippen LogP contribution in [0.1, 0.15) is 17.2 Å². The van der Waals surface area contributed by atoms with Gasteiger partial charge in [-0.3, -0.25) is 9.59 Å². The zero-order valence-electron chi connectivity index (χ0n) is 9.84. The molecule has 0 aliphatic heterocycles. The number of rotatable bonds is 4. The van der Waals surface area contributed by atoms with E-state index < -0.39 is 17.4 Å². The van der Waals surface area contributed by atoms with Gasteiger partial charge < -0.3 is 10.1 Å². The molecule has 0 aliphatic rings. The number of halogens is 1. The van der Waals surface area contributed by atoms with E-state index in [1.165, 1.54) is 0 Å². The third-order valence-electron chi connectivity index (χ3n) is 2.73. The van der Waals surface area contributed by atoms with Crippen molar-refractivity contribution in [3.8, 4) is 0 Å². The molecule has 2 N–H and O–H groups in total. The summed E-state index contributed by atoms with van der Waals surface area (Å²) in [7, 11) is 0. The summed E-state index contributed by atoms with van der Waals surface area (Å²) in [6, 6.07) is 9.12. The Hall–Kier alpha value is -2.14. The highest BCUT2D eigenvalue weighted by Gasteiger charge is 2.25. The van der Waals surface area contributed by atoms with Crippen molar-refractivity contribution in [3.63, 3.8) is 0 Å². The molecule has 2 aromatic rings. The van der Waals surface area contributed by atoms with Crippen LogP contribution < -0.4 is 5.56 Å². The van der Waals surface area contributed by atoms with Crippen molar-refractivity contribution in [1.29, 1.82) is 0 Å². The number of carboxylic acids is 1. The van der Waals surface area contributed by atoms with Crippen molar-refractivity contribution < 1.29 is 9.90 Å². The maximum Gasteiger partial charge on any atom is 0.312 e. The molecular weight excluding hydrogens is 268 g/mol. The molecule has 19 heavy (non-hydrogen) atoms. The summed E-state index contributed by atoms with van der Waals surface area (Å²) in [5, 5.41) is 9.12. The van der Waals surface area contributed by atoms with E-state index in [0.717, 1.165) is 11.9 Å². The van der Waals surface area contributed by atoms with E-state index in [0.29, 0.717) is 0 Å². The molecular formula is C13H11ClN2O3. The molecule has 1 heterocycles. The van der Waals surface area contributed by atoms with Crippen molar-refractivity contribution in [1.82, 2.24) is 9.97 Å². The number of nitrogens with zero attached hydrogens (tertiary/aromatic N) is 1. The third kappa shape index (κ3) is 3.00. The highest BCUT2D eigenvalue weighted by Crippen LogP contribution is 2.23. The summed E-state index contributed by atoms with van der Waals surface area (Å²) >= 11 is 5.83. The third-order valence-corrected chi connectivity index (χ3v) is 3.10. The summed E-state index contributed by atoms with van der Waals surface area (Å²) in [5.41, 5.74) is 0.390. The molecule has 0 radical (unpaired) electrons. The minimum Gasteiger partial charge on any atom is -0.481 e. The molecule has 1 unspecified atom stereocenters. The molecule has 2 rings (SSSR count). The SMILES string of the molecule is O=C(O)C(Cc1ccccc1)c1nc[nH]c(=O)c1Cl. The van der Waals surface area contributed by atoms with Gasteiger partial charge in [0.1, 0.15) is 10.9 Å². The molecule has 1 aromatic heterocycles. The fraction of sp³-hybridized carbons (Fsp3) is 0.154. The van der Waals surface area contributed by atoms with Crippen LogP contribution in [0.5, 0.6) is 0 Å². The Morgan fingerprint density at radius 3 is 2.68 bits per heavy atom. The van der Waals surface area contributed by atoms with Crippen LogP contribution in [0.15, 0.2) is 41.5 Å². The second kappa shape index (κ2) is 5.67. The normalized spacial score (nSPS) is 12.1. The zero-order chi connectivity index (χ0) is 13.8. The van der Waals surface area contributed by atoms with Crippen LogP contribution in [0.2, 0.25) is 5.02 Å². The number of hydrogen-bond acceptors (Lipinski definition) is 3. The Labute approximate surface area is 113 Å². The molecule has 0 bridgehead atoms. The van der Waals surface area contributed by atoms with Gasteiger partial charge in [-0.15, -0.1) is 0 Å². The number of aromatic nitrogens is 2. The molecule has 0 aliphatic carbocycles. The van der Waals surface area contributed by atoms with Crippen LogP contribution in [0.4, 0.5) is 0 Å². The topological polar surface area (TPSA) is 83.0 Å². The first-order valence-electron chi connectivity index (χ1n) is 5.59. The van der Waals surface area contributed by atoms with Crippen molar-refractivity contribution >= 4 is 17.6 Å². The number of carboxylic acid groups (broad SMARTS) is 1. The average Bonchev–Trinajstić information content (AvgIpc) is 2.40. The van der Waals surface area contributed by atoms with Gasteiger partial charge in [0.05, 0.1) is 12.0 Å². The summed E-state index contributed by atoms with van der Waals surface area (Å²) in [6.45, 7) is 0. The summed E-state index contributed by atoms with van der Waals surface area (Å²) in [4.78, 5) is 29.0. The molecule has 6 heteroatoms. The van der Waals surface area contributed by atoms with Gasteiger partial charge in [0.25, 0.3) is 5.56 Å². The number of aliphatic carboxylic acids is 1. The lowest BCUT2D eigenvalue weighted by molar-refractivity contribution is -0.138. The average molecular weight is 279 g/mol. The Morgan fingerprint density at radius 2 is 2.05 bits per heavy atom. The van der Waals surface area contributed by atoms with E-state index in [9.17, 15) is 14.7 Å². The lowest BCUT2D eigenvalue weighted by atomic mass is 9.96. The summed E-state index contributed by atoms with van der Waals surface area (Å²) in [5.74, 6) is -2.01. The lowest BCUT2D eigenvalue weighted by Crippen LogP contribution is -2.20. The summed E-state index contributed by atoms with van der Waals surface area (Å²) < 4.78 is 0. The van der Waals surface area contributed by atoms with E-state index in [4.69, 9.17) is 11.6 Å². The van der Waals surface area contributed by atoms with Gasteiger partial charge in [-0.05, 0) is 12.0 Å². The van der Waals surface area contributed by atoms with E-state index >= 15 is 0 Å². The smallest absolute Gasteiger partial charge is 0.312 e. The van der Waals surface area contributed by atoms with Crippen LogP contribution in [-0.4, -0.2) is 21.0 Å². The van der Waals surface area contributed by atoms with Crippen molar-refractivity contribution in [2.45, 2.75) is 12.3 Å². The molecule has 0 saturated heterocycles. The summed E-state index contributed by atoms with van der Waals surface area (Å²) in [6.07, 6.45) is 1.39. The Bertz CT molecular complexity index is 640. The number of H-pyrrole nitrogens is 1. The van der Waals surface area contributed by atoms with E-state index in [2.05, 4.69) is 9.97 Å². The van der Waals surface area contributed by atoms with Gasteiger partial charge in [-0.2, -0.15) is 0 Å². The number of nitrogens with one attached hydrogen (secondary N) is 1. The first-order chi connectivity index (χ1) is 9.09. The van der Waals surface area contributed by atoms with E-state index in [1.54, 1.807) is 0 Å². The van der Waals surface area contributed by atoms with E-state index in [-0.39, 0.29) is 17.1 Å². The molecule has 0 spiro atoms. The van der Waals surface area contributed by atoms with Crippen molar-refractivity contribution in [2.24, 2.45) is 0 Å². The molecule has 0 saturated carbocycles. The maximum atomic E-state index is 11.4. The number of aromatic amines is 1. The van der Waals surface area contributed by atoms with Crippen molar-refractivity contribution in [3.05, 3.63) is 63.3 Å². The van der Waals surface area contributed by atoms with E-state index in [1.807, 2.05) is 30.3 Å². The van der Waals surface area contributed by atoms with Crippen molar-refractivity contribution in [2.75, 3.05) is 0 Å². The predicted octanol–water partition coefficient (Wildman–Crippen LogP) is 1.83. The molecule has 98 valence electrons. The van der Waals surface area contributed by atoms with Gasteiger partial charge in [0.2, 0.25) is 0 Å². The Kier molecular flexibility index (Phi) is 3.97. The van der Waals surface area contributed by atoms with Crippen LogP contribution >= 0.6 is 11.6 Å². The standard InChI is InChI=1S/C13H11ClN2O3/c14-10-11(15-7-16-12(10)17)9(13(18)19)6-8-4-2-1-3-5-8/h1-5,7,9H,6H2,(H,18,19)(H,15,16,17). The van der Waals surface area contributed by atoms with Crippen LogP contribution in [0, 0.1) is 0 Å². The molecule has 0 amide bonds. The van der Waals surface area contributed by atoms with Crippen LogP contribution in [-0.2, 0) is 11.2 Å². The fourth-order valence-corrected chi connectivity index (χ4v) is 2.03. The van der Waals surface area contributed by atoms with Gasteiger partial charge in [0.15, 0.2) is 0 Å². The lowest BCUT2D eigenvalue weighted by Gasteiger charge is -2.12. The Morgan fingerprint density at radius 1 is 1.37 bits per heavy atom. The number of benzene rings is 1. The first-order valence-corrected chi connectivity index (χ1v) is 5.97. The zero-order valence-corrected chi connectivity index (χ0v) is 10.6. The maximum absolute atomic E-state index is 11.4. The van der Waals surface area contributed by atoms with Crippen LogP contribution in [0.3, 0.4) is 0 Å². The first kappa shape index (κ1) is 13.3. The molecule has 1 aromatic carbocycles. The second-order valence-corrected chi connectivity index (χ2v) is 4.39. The van der Waals surface area contributed by atoms with Gasteiger partial charge >= 0.3 is 5.97 Å². The molecule has 1 atom stereocenters. The quantitative estimate of drug-likeness (QED) is 0.894. The minimum atomic E-state index is -1.07. The van der Waals surface area contributed by atoms with Gasteiger partial charge in [-0.1, -0.05) is 41.9 Å². The second-order valence-electron chi connectivity index (χ2n) is 4.01. The number of hydrogen-bond donors (Lipinski definition) is 2. The molecule has 0 fully saturated rings. The predicted molar refractivity (Wildman–Crippen MR) is 70.4 cm³/mol. The fourth-order valence-electron chi connectivity index (χ4n) is 1.79. The molecule has 5 nitrogen and oxygen atoms in total. The monoisotopic (exact) mass is 278 g/mol. The van der Waals surface area contributed by atoms with Crippen LogP contribution in [0.25, 0.3) is 0 Å². The number of carbonyl (C=O) groups is 1. The van der Waals surface area contributed by atoms with Gasteiger partial charge in [0, 0.05) is 0 Å². The minimum absolute atomic E-state index is 0.0850. The Balaban J connectivity index is 2.39. The largest absolute Gasteiger partial charge is 0.481 e. The van der Waals surface area contributed by atoms with Gasteiger partial charge in [-0.25, -0.2) is 4.98 Å².